The van der Waals surface area contributed by atoms with Crippen LogP contribution in [0.1, 0.15) is 25.0 Å². The van der Waals surface area contributed by atoms with Crippen molar-refractivity contribution in [1.29, 1.82) is 0 Å². The number of rotatable bonds is 5. The molecule has 0 saturated carbocycles. The highest BCUT2D eigenvalue weighted by Crippen LogP contribution is 2.26. The molecular formula is C22H25N. The predicted octanol–water partition coefficient (Wildman–Crippen LogP) is 6.30. The van der Waals surface area contributed by atoms with E-state index in [1.165, 1.54) is 28.1 Å². The Morgan fingerprint density at radius 3 is 2.22 bits per heavy atom. The molecule has 23 heavy (non-hydrogen) atoms. The van der Waals surface area contributed by atoms with E-state index in [0.717, 1.165) is 5.57 Å². The van der Waals surface area contributed by atoms with E-state index < -0.39 is 0 Å². The van der Waals surface area contributed by atoms with Crippen LogP contribution >= 0.6 is 0 Å². The van der Waals surface area contributed by atoms with Crippen LogP contribution < -0.4 is 4.90 Å². The fourth-order valence-electron chi connectivity index (χ4n) is 2.40. The summed E-state index contributed by atoms with van der Waals surface area (Å²) in [5.74, 6) is 0. The first kappa shape index (κ1) is 16.8. The van der Waals surface area contributed by atoms with Gasteiger partial charge in [-0.3, -0.25) is 0 Å². The van der Waals surface area contributed by atoms with Crippen molar-refractivity contribution in [3.63, 3.8) is 0 Å². The van der Waals surface area contributed by atoms with Gasteiger partial charge in [-0.2, -0.15) is 0 Å². The topological polar surface area (TPSA) is 3.24 Å². The zero-order valence-corrected chi connectivity index (χ0v) is 14.5. The number of hydrogen-bond acceptors (Lipinski definition) is 1. The molecule has 0 aromatic heterocycles. The Labute approximate surface area is 140 Å². The monoisotopic (exact) mass is 303 g/mol. The Hall–Kier alpha value is -2.54. The first-order valence-corrected chi connectivity index (χ1v) is 7.89. The van der Waals surface area contributed by atoms with E-state index in [1.54, 1.807) is 0 Å². The molecule has 2 aromatic carbocycles. The molecule has 0 saturated heterocycles. The van der Waals surface area contributed by atoms with Gasteiger partial charge in [0.2, 0.25) is 0 Å². The van der Waals surface area contributed by atoms with Gasteiger partial charge in [0, 0.05) is 18.4 Å². The summed E-state index contributed by atoms with van der Waals surface area (Å²) >= 11 is 0. The highest BCUT2D eigenvalue weighted by atomic mass is 15.1. The quantitative estimate of drug-likeness (QED) is 0.586. The predicted molar refractivity (Wildman–Crippen MR) is 103 cm³/mol. The summed E-state index contributed by atoms with van der Waals surface area (Å²) in [4.78, 5) is 2.20. The molecule has 0 amide bonds. The summed E-state index contributed by atoms with van der Waals surface area (Å²) < 4.78 is 0. The van der Waals surface area contributed by atoms with Gasteiger partial charge in [0.15, 0.2) is 0 Å². The summed E-state index contributed by atoms with van der Waals surface area (Å²) in [6, 6.07) is 17.1. The zero-order valence-electron chi connectivity index (χ0n) is 14.5. The minimum Gasteiger partial charge on any atom is -0.345 e. The molecule has 2 rings (SSSR count). The Morgan fingerprint density at radius 2 is 1.65 bits per heavy atom. The van der Waals surface area contributed by atoms with Crippen molar-refractivity contribution < 1.29 is 0 Å². The van der Waals surface area contributed by atoms with Gasteiger partial charge in [-0.25, -0.2) is 0 Å². The highest BCUT2D eigenvalue weighted by Gasteiger charge is 2.05. The lowest BCUT2D eigenvalue weighted by Gasteiger charge is -2.20. The molecule has 0 atom stereocenters. The van der Waals surface area contributed by atoms with Crippen LogP contribution in [-0.4, -0.2) is 7.05 Å². The van der Waals surface area contributed by atoms with Gasteiger partial charge in [0.05, 0.1) is 0 Å². The molecule has 1 nitrogen and oxygen atoms in total. The molecule has 0 heterocycles. The number of nitrogens with zero attached hydrogens (tertiary/aromatic N) is 1. The van der Waals surface area contributed by atoms with Crippen molar-refractivity contribution in [2.75, 3.05) is 11.9 Å². The van der Waals surface area contributed by atoms with E-state index in [1.807, 2.05) is 6.08 Å². The van der Waals surface area contributed by atoms with Crippen molar-refractivity contribution in [3.05, 3.63) is 90.0 Å². The van der Waals surface area contributed by atoms with E-state index >= 15 is 0 Å². The minimum atomic E-state index is 1.14. The molecular weight excluding hydrogens is 278 g/mol. The minimum absolute atomic E-state index is 1.14. The van der Waals surface area contributed by atoms with Crippen molar-refractivity contribution in [3.8, 4) is 0 Å². The zero-order chi connectivity index (χ0) is 16.8. The Kier molecular flexibility index (Phi) is 5.59. The molecule has 0 bridgehead atoms. The maximum absolute atomic E-state index is 3.92. The average molecular weight is 303 g/mol. The molecule has 0 spiro atoms. The number of aryl methyl sites for hydroxylation is 1. The Morgan fingerprint density at radius 1 is 0.957 bits per heavy atom. The fourth-order valence-corrected chi connectivity index (χ4v) is 2.40. The fraction of sp³-hybridized carbons (Fsp3) is 0.182. The molecule has 118 valence electrons. The molecule has 0 radical (unpaired) electrons. The van der Waals surface area contributed by atoms with Crippen molar-refractivity contribution >= 4 is 16.9 Å². The Bertz CT molecular complexity index is 729. The summed E-state index contributed by atoms with van der Waals surface area (Å²) in [5.41, 5.74) is 7.23. The summed E-state index contributed by atoms with van der Waals surface area (Å²) in [5, 5.41) is 0. The third-order valence-electron chi connectivity index (χ3n) is 3.79. The third-order valence-corrected chi connectivity index (χ3v) is 3.79. The molecule has 0 aliphatic heterocycles. The summed E-state index contributed by atoms with van der Waals surface area (Å²) in [6.07, 6.45) is 6.13. The molecule has 0 N–H and O–H groups in total. The SMILES string of the molecule is C=C/C(=C\C=C(C)C)c1ccc(N(C)c2cccc(C)c2)cc1. The van der Waals surface area contributed by atoms with Crippen LogP contribution in [0.4, 0.5) is 11.4 Å². The summed E-state index contributed by atoms with van der Waals surface area (Å²) in [6.45, 7) is 10.2. The number of hydrogen-bond donors (Lipinski definition) is 0. The lowest BCUT2D eigenvalue weighted by atomic mass is 10.0. The van der Waals surface area contributed by atoms with Crippen LogP contribution in [0, 0.1) is 6.92 Å². The second kappa shape index (κ2) is 7.64. The van der Waals surface area contributed by atoms with Crippen LogP contribution in [0.5, 0.6) is 0 Å². The van der Waals surface area contributed by atoms with Crippen LogP contribution in [0.2, 0.25) is 0 Å². The lowest BCUT2D eigenvalue weighted by molar-refractivity contribution is 1.20. The molecule has 0 fully saturated rings. The molecule has 0 unspecified atom stereocenters. The van der Waals surface area contributed by atoms with Crippen molar-refractivity contribution in [2.24, 2.45) is 0 Å². The molecule has 0 aliphatic carbocycles. The van der Waals surface area contributed by atoms with Crippen LogP contribution in [0.3, 0.4) is 0 Å². The van der Waals surface area contributed by atoms with Crippen molar-refractivity contribution in [1.82, 2.24) is 0 Å². The lowest BCUT2D eigenvalue weighted by Crippen LogP contribution is -2.09. The largest absolute Gasteiger partial charge is 0.345 e. The number of benzene rings is 2. The molecule has 0 aliphatic rings. The molecule has 2 aromatic rings. The highest BCUT2D eigenvalue weighted by molar-refractivity contribution is 5.76. The van der Waals surface area contributed by atoms with Gasteiger partial charge in [-0.1, -0.05) is 54.6 Å². The Balaban J connectivity index is 2.26. The van der Waals surface area contributed by atoms with E-state index in [0.29, 0.717) is 0 Å². The van der Waals surface area contributed by atoms with Gasteiger partial charge in [-0.15, -0.1) is 0 Å². The third kappa shape index (κ3) is 4.46. The van der Waals surface area contributed by atoms with Gasteiger partial charge in [-0.05, 0) is 61.7 Å². The standard InChI is InChI=1S/C22H25N/c1-6-19(11-10-17(2)3)20-12-14-21(15-13-20)23(5)22-9-7-8-18(4)16-22/h6-16H,1H2,2-5H3/b19-11+. The van der Waals surface area contributed by atoms with Crippen LogP contribution in [0.25, 0.3) is 5.57 Å². The van der Waals surface area contributed by atoms with Crippen LogP contribution in [0.15, 0.2) is 78.9 Å². The second-order valence-corrected chi connectivity index (χ2v) is 6.02. The van der Waals surface area contributed by atoms with Gasteiger partial charge >= 0.3 is 0 Å². The number of anilines is 2. The average Bonchev–Trinajstić information content (AvgIpc) is 2.55. The smallest absolute Gasteiger partial charge is 0.0410 e. The first-order valence-electron chi connectivity index (χ1n) is 7.89. The van der Waals surface area contributed by atoms with Gasteiger partial charge < -0.3 is 4.90 Å². The van der Waals surface area contributed by atoms with E-state index in [-0.39, 0.29) is 0 Å². The van der Waals surface area contributed by atoms with Crippen LogP contribution in [-0.2, 0) is 0 Å². The van der Waals surface area contributed by atoms with E-state index in [2.05, 4.69) is 100.0 Å². The maximum atomic E-state index is 3.92. The van der Waals surface area contributed by atoms with E-state index in [4.69, 9.17) is 0 Å². The van der Waals surface area contributed by atoms with Gasteiger partial charge in [0.1, 0.15) is 0 Å². The van der Waals surface area contributed by atoms with Gasteiger partial charge in [0.25, 0.3) is 0 Å². The maximum Gasteiger partial charge on any atom is 0.0410 e. The first-order chi connectivity index (χ1) is 11.0. The summed E-state index contributed by atoms with van der Waals surface area (Å²) in [7, 11) is 2.09. The van der Waals surface area contributed by atoms with Crippen molar-refractivity contribution in [2.45, 2.75) is 20.8 Å². The second-order valence-electron chi connectivity index (χ2n) is 6.02. The van der Waals surface area contributed by atoms with E-state index in [9.17, 15) is 0 Å². The normalized spacial score (nSPS) is 11.0. The molecule has 1 heteroatoms. The number of allylic oxidation sites excluding steroid dienone is 5.